The summed E-state index contributed by atoms with van der Waals surface area (Å²) < 4.78 is 32.3. The SMILES string of the molecule is CCC(C)(CC1C[C@@H](n2ccc(=O)[nH]c2=O)[C@@H]2OC(C)(C)OC12)OP(=O)(O)C(C)(O)CC. The normalized spacial score (nSPS) is 32.6. The lowest BCUT2D eigenvalue weighted by atomic mass is 9.87. The molecule has 2 aliphatic rings. The lowest BCUT2D eigenvalue weighted by molar-refractivity contribution is -0.162. The minimum atomic E-state index is -4.34. The number of rotatable bonds is 8. The third-order valence-corrected chi connectivity index (χ3v) is 9.05. The minimum absolute atomic E-state index is 0.0665. The molecule has 1 aromatic rings. The lowest BCUT2D eigenvalue weighted by Gasteiger charge is -2.38. The van der Waals surface area contributed by atoms with Gasteiger partial charge in [0.2, 0.25) is 0 Å². The van der Waals surface area contributed by atoms with E-state index in [0.717, 1.165) is 0 Å². The maximum atomic E-state index is 12.9. The second-order valence-electron chi connectivity index (χ2n) is 9.84. The van der Waals surface area contributed by atoms with Crippen molar-refractivity contribution in [1.29, 1.82) is 0 Å². The number of aromatic amines is 1. The zero-order valence-electron chi connectivity index (χ0n) is 19.5. The molecule has 2 heterocycles. The molecule has 0 radical (unpaired) electrons. The van der Waals surface area contributed by atoms with Crippen molar-refractivity contribution >= 4 is 7.60 Å². The molecule has 0 aromatic carbocycles. The van der Waals surface area contributed by atoms with E-state index < -0.39 is 41.7 Å². The van der Waals surface area contributed by atoms with Gasteiger partial charge in [0, 0.05) is 12.3 Å². The van der Waals surface area contributed by atoms with Gasteiger partial charge in [0.05, 0.1) is 17.7 Å². The molecule has 1 saturated carbocycles. The molecular weight excluding hydrogens is 439 g/mol. The van der Waals surface area contributed by atoms with E-state index in [1.54, 1.807) is 27.7 Å². The van der Waals surface area contributed by atoms with Gasteiger partial charge in [-0.05, 0) is 59.3 Å². The van der Waals surface area contributed by atoms with E-state index in [-0.39, 0.29) is 24.5 Å². The number of fused-ring (bicyclic) bond motifs is 1. The molecular formula is C21H35N2O8P. The monoisotopic (exact) mass is 474 g/mol. The number of nitrogens with zero attached hydrogens (tertiary/aromatic N) is 1. The Morgan fingerprint density at radius 3 is 2.44 bits per heavy atom. The Labute approximate surface area is 187 Å². The van der Waals surface area contributed by atoms with Crippen molar-refractivity contribution < 1.29 is 28.6 Å². The Kier molecular flexibility index (Phi) is 6.72. The maximum absolute atomic E-state index is 12.9. The fourth-order valence-corrected chi connectivity index (χ4v) is 6.01. The number of aliphatic hydroxyl groups is 1. The maximum Gasteiger partial charge on any atom is 0.359 e. The summed E-state index contributed by atoms with van der Waals surface area (Å²) in [5.74, 6) is -1.01. The van der Waals surface area contributed by atoms with Crippen LogP contribution in [0.25, 0.3) is 0 Å². The number of nitrogens with one attached hydrogen (secondary N) is 1. The van der Waals surface area contributed by atoms with Gasteiger partial charge in [-0.25, -0.2) is 4.79 Å². The van der Waals surface area contributed by atoms with Crippen LogP contribution in [0.1, 0.15) is 73.3 Å². The van der Waals surface area contributed by atoms with Crippen molar-refractivity contribution in [2.75, 3.05) is 0 Å². The molecule has 2 fully saturated rings. The zero-order chi connectivity index (χ0) is 24.1. The van der Waals surface area contributed by atoms with Gasteiger partial charge in [-0.15, -0.1) is 0 Å². The molecule has 1 saturated heterocycles. The zero-order valence-corrected chi connectivity index (χ0v) is 20.4. The Morgan fingerprint density at radius 1 is 1.25 bits per heavy atom. The van der Waals surface area contributed by atoms with Crippen molar-refractivity contribution in [2.45, 2.75) is 102 Å². The Hall–Kier alpha value is -1.29. The highest BCUT2D eigenvalue weighted by Gasteiger charge is 2.56. The number of hydrogen-bond acceptors (Lipinski definition) is 7. The van der Waals surface area contributed by atoms with E-state index in [4.69, 9.17) is 14.0 Å². The van der Waals surface area contributed by atoms with Crippen LogP contribution in [0, 0.1) is 5.92 Å². The number of H-pyrrole nitrogens is 1. The van der Waals surface area contributed by atoms with Gasteiger partial charge < -0.3 is 24.0 Å². The second kappa shape index (κ2) is 8.49. The first kappa shape index (κ1) is 25.3. The average molecular weight is 474 g/mol. The third kappa shape index (κ3) is 4.81. The summed E-state index contributed by atoms with van der Waals surface area (Å²) in [6, 6.07) is 0.913. The molecule has 7 atom stereocenters. The average Bonchev–Trinajstić information content (AvgIpc) is 3.15. The molecule has 32 heavy (non-hydrogen) atoms. The number of ether oxygens (including phenoxy) is 2. The van der Waals surface area contributed by atoms with E-state index in [9.17, 15) is 24.2 Å². The Bertz CT molecular complexity index is 1000. The summed E-state index contributed by atoms with van der Waals surface area (Å²) in [5, 5.41) is 8.52. The van der Waals surface area contributed by atoms with Crippen LogP contribution in [0.4, 0.5) is 0 Å². The van der Waals surface area contributed by atoms with E-state index >= 15 is 0 Å². The molecule has 0 spiro atoms. The van der Waals surface area contributed by atoms with Gasteiger partial charge >= 0.3 is 13.3 Å². The molecule has 11 heteroatoms. The largest absolute Gasteiger partial charge is 0.378 e. The number of aromatic nitrogens is 2. The summed E-state index contributed by atoms with van der Waals surface area (Å²) in [4.78, 5) is 36.7. The van der Waals surface area contributed by atoms with Crippen LogP contribution < -0.4 is 11.2 Å². The second-order valence-corrected chi connectivity index (χ2v) is 12.0. The molecule has 10 nitrogen and oxygen atoms in total. The molecule has 0 bridgehead atoms. The smallest absolute Gasteiger partial charge is 0.359 e. The molecule has 1 aromatic heterocycles. The fraction of sp³-hybridized carbons (Fsp3) is 0.810. The summed E-state index contributed by atoms with van der Waals surface area (Å²) >= 11 is 0. The van der Waals surface area contributed by atoms with Crippen LogP contribution in [-0.2, 0) is 18.6 Å². The summed E-state index contributed by atoms with van der Waals surface area (Å²) in [7, 11) is -4.34. The predicted octanol–water partition coefficient (Wildman–Crippen LogP) is 2.50. The molecule has 1 aliphatic heterocycles. The fourth-order valence-electron chi connectivity index (χ4n) is 4.62. The highest BCUT2D eigenvalue weighted by Crippen LogP contribution is 2.60. The van der Waals surface area contributed by atoms with Gasteiger partial charge in [0.1, 0.15) is 6.10 Å². The first-order chi connectivity index (χ1) is 14.6. The van der Waals surface area contributed by atoms with Crippen LogP contribution >= 0.6 is 7.60 Å². The summed E-state index contributed by atoms with van der Waals surface area (Å²) in [6.45, 7) is 10.1. The summed E-state index contributed by atoms with van der Waals surface area (Å²) in [6.07, 6.45) is 2.01. The van der Waals surface area contributed by atoms with E-state index in [1.165, 1.54) is 23.8 Å². The number of hydrogen-bond donors (Lipinski definition) is 3. The van der Waals surface area contributed by atoms with Gasteiger partial charge in [-0.2, -0.15) is 0 Å². The molecule has 5 unspecified atom stereocenters. The van der Waals surface area contributed by atoms with Gasteiger partial charge in [-0.1, -0.05) is 13.8 Å². The van der Waals surface area contributed by atoms with Crippen molar-refractivity contribution in [2.24, 2.45) is 5.92 Å². The third-order valence-electron chi connectivity index (χ3n) is 6.82. The van der Waals surface area contributed by atoms with Crippen molar-refractivity contribution in [1.82, 2.24) is 9.55 Å². The van der Waals surface area contributed by atoms with Crippen LogP contribution in [0.15, 0.2) is 21.9 Å². The Balaban J connectivity index is 1.90. The molecule has 3 N–H and O–H groups in total. The first-order valence-electron chi connectivity index (χ1n) is 11.1. The van der Waals surface area contributed by atoms with E-state index in [2.05, 4.69) is 4.98 Å². The molecule has 0 amide bonds. The van der Waals surface area contributed by atoms with Gasteiger partial charge in [0.15, 0.2) is 11.1 Å². The minimum Gasteiger partial charge on any atom is -0.378 e. The van der Waals surface area contributed by atoms with Crippen LogP contribution in [0.3, 0.4) is 0 Å². The topological polar surface area (TPSA) is 140 Å². The van der Waals surface area contributed by atoms with Crippen molar-refractivity contribution in [3.05, 3.63) is 33.1 Å². The quantitative estimate of drug-likeness (QED) is 0.488. The van der Waals surface area contributed by atoms with Gasteiger partial charge in [0.25, 0.3) is 5.56 Å². The molecule has 3 rings (SSSR count). The van der Waals surface area contributed by atoms with Gasteiger partial charge in [-0.3, -0.25) is 18.9 Å². The predicted molar refractivity (Wildman–Crippen MR) is 117 cm³/mol. The van der Waals surface area contributed by atoms with Crippen molar-refractivity contribution in [3.63, 3.8) is 0 Å². The van der Waals surface area contributed by atoms with Crippen LogP contribution in [0.2, 0.25) is 0 Å². The van der Waals surface area contributed by atoms with Crippen LogP contribution in [-0.4, -0.2) is 48.5 Å². The van der Waals surface area contributed by atoms with Crippen molar-refractivity contribution in [3.8, 4) is 0 Å². The molecule has 182 valence electrons. The molecule has 1 aliphatic carbocycles. The van der Waals surface area contributed by atoms with Crippen LogP contribution in [0.5, 0.6) is 0 Å². The van der Waals surface area contributed by atoms with E-state index in [1.807, 2.05) is 6.92 Å². The standard InChI is InChI=1S/C21H35N2O8P/c1-7-20(5,31-32(27,28)21(6,26)8-2)12-13-11-14(17-16(13)29-19(3,4)30-17)23-10-9-15(24)22-18(23)25/h9-10,13-14,16-17,26H,7-8,11-12H2,1-6H3,(H,27,28)(H,22,24,25)/t13?,14-,16?,17+,20?,21?/m1/s1. The highest BCUT2D eigenvalue weighted by molar-refractivity contribution is 7.54. The highest BCUT2D eigenvalue weighted by atomic mass is 31.2. The Morgan fingerprint density at radius 2 is 1.88 bits per heavy atom. The lowest BCUT2D eigenvalue weighted by Crippen LogP contribution is -2.37. The first-order valence-corrected chi connectivity index (χ1v) is 12.6. The van der Waals surface area contributed by atoms with E-state index in [0.29, 0.717) is 19.3 Å². The summed E-state index contributed by atoms with van der Waals surface area (Å²) in [5.41, 5.74) is -2.02.